The molecule has 4 rings (SSSR count). The normalized spacial score (nSPS) is 17.8. The van der Waals surface area contributed by atoms with E-state index in [1.165, 1.54) is 10.6 Å². The molecule has 0 aliphatic carbocycles. The fourth-order valence-corrected chi connectivity index (χ4v) is 4.57. The van der Waals surface area contributed by atoms with Crippen molar-refractivity contribution < 1.29 is 17.9 Å². The monoisotopic (exact) mass is 418 g/mol. The smallest absolute Gasteiger partial charge is 0.211 e. The first kappa shape index (κ1) is 20.1. The molecule has 2 aromatic rings. The predicted octanol–water partition coefficient (Wildman–Crippen LogP) is 1.23. The summed E-state index contributed by atoms with van der Waals surface area (Å²) < 4.78 is 36.5. The van der Waals surface area contributed by atoms with Crippen molar-refractivity contribution in [2.24, 2.45) is 0 Å². The van der Waals surface area contributed by atoms with Gasteiger partial charge in [0.15, 0.2) is 0 Å². The van der Waals surface area contributed by atoms with E-state index in [1.54, 1.807) is 7.11 Å². The van der Waals surface area contributed by atoms with Gasteiger partial charge in [-0.3, -0.25) is 0 Å². The molecule has 8 nitrogen and oxygen atoms in total. The van der Waals surface area contributed by atoms with Gasteiger partial charge in [-0.2, -0.15) is 4.31 Å². The van der Waals surface area contributed by atoms with Gasteiger partial charge in [0, 0.05) is 44.6 Å². The van der Waals surface area contributed by atoms with Gasteiger partial charge in [0.05, 0.1) is 32.3 Å². The third kappa shape index (κ3) is 4.52. The fraction of sp³-hybridized carbons (Fsp3) is 0.500. The molecule has 0 amide bonds. The van der Waals surface area contributed by atoms with E-state index in [2.05, 4.69) is 4.90 Å². The van der Waals surface area contributed by atoms with Crippen LogP contribution < -0.4 is 9.64 Å². The van der Waals surface area contributed by atoms with Crippen LogP contribution in [0.15, 0.2) is 24.3 Å². The largest absolute Gasteiger partial charge is 0.497 e. The molecule has 29 heavy (non-hydrogen) atoms. The number of hydrogen-bond donors (Lipinski definition) is 0. The summed E-state index contributed by atoms with van der Waals surface area (Å²) in [5, 5.41) is 0. The topological polar surface area (TPSA) is 84.9 Å². The van der Waals surface area contributed by atoms with Gasteiger partial charge in [0.1, 0.15) is 17.4 Å². The third-order valence-corrected chi connectivity index (χ3v) is 6.58. The van der Waals surface area contributed by atoms with Crippen molar-refractivity contribution in [2.75, 3.05) is 51.1 Å². The van der Waals surface area contributed by atoms with Crippen molar-refractivity contribution in [1.82, 2.24) is 14.3 Å². The molecule has 0 atom stereocenters. The maximum absolute atomic E-state index is 12.1. The van der Waals surface area contributed by atoms with Gasteiger partial charge in [-0.05, 0) is 17.7 Å². The molecular formula is C20H26N4O4S. The van der Waals surface area contributed by atoms with E-state index in [1.807, 2.05) is 24.3 Å². The maximum atomic E-state index is 12.1. The molecule has 1 aromatic heterocycles. The van der Waals surface area contributed by atoms with Gasteiger partial charge in [-0.15, -0.1) is 0 Å². The first-order valence-corrected chi connectivity index (χ1v) is 11.6. The summed E-state index contributed by atoms with van der Waals surface area (Å²) in [5.74, 6) is 2.38. The average molecular weight is 419 g/mol. The molecule has 0 unspecified atom stereocenters. The molecule has 9 heteroatoms. The summed E-state index contributed by atoms with van der Waals surface area (Å²) in [4.78, 5) is 11.9. The number of anilines is 1. The van der Waals surface area contributed by atoms with Gasteiger partial charge in [0.25, 0.3) is 0 Å². The van der Waals surface area contributed by atoms with E-state index in [-0.39, 0.29) is 0 Å². The van der Waals surface area contributed by atoms with E-state index in [0.29, 0.717) is 39.1 Å². The number of nitrogens with zero attached hydrogens (tertiary/aromatic N) is 4. The molecular weight excluding hydrogens is 392 g/mol. The summed E-state index contributed by atoms with van der Waals surface area (Å²) in [5.41, 5.74) is 2.93. The van der Waals surface area contributed by atoms with Gasteiger partial charge >= 0.3 is 0 Å². The third-order valence-electron chi connectivity index (χ3n) is 5.33. The second kappa shape index (κ2) is 8.25. The van der Waals surface area contributed by atoms with Crippen molar-refractivity contribution in [1.29, 1.82) is 0 Å². The standard InChI is InChI=1S/C20H26N4O4S/c1-27-16-5-3-4-15(12-16)13-19-21-18-6-7-24(29(2,25)26)14-17(18)20(22-19)23-8-10-28-11-9-23/h3-5,12H,6-11,13-14H2,1-2H3. The van der Waals surface area contributed by atoms with Crippen LogP contribution in [-0.2, 0) is 34.1 Å². The SMILES string of the molecule is COc1cccc(Cc2nc3c(c(N4CCOCC4)n2)CN(S(C)(=O)=O)CC3)c1. The Kier molecular flexibility index (Phi) is 5.71. The van der Waals surface area contributed by atoms with Crippen molar-refractivity contribution in [3.05, 3.63) is 46.9 Å². The Morgan fingerprint density at radius 1 is 1.17 bits per heavy atom. The number of fused-ring (bicyclic) bond motifs is 1. The average Bonchev–Trinajstić information content (AvgIpc) is 2.73. The lowest BCUT2D eigenvalue weighted by Crippen LogP contribution is -2.41. The second-order valence-corrected chi connectivity index (χ2v) is 9.35. The Balaban J connectivity index is 1.71. The summed E-state index contributed by atoms with van der Waals surface area (Å²) in [6.07, 6.45) is 2.44. The summed E-state index contributed by atoms with van der Waals surface area (Å²) >= 11 is 0. The highest BCUT2D eigenvalue weighted by atomic mass is 32.2. The molecule has 156 valence electrons. The number of morpholine rings is 1. The Bertz CT molecular complexity index is 990. The minimum Gasteiger partial charge on any atom is -0.497 e. The Hall–Kier alpha value is -2.23. The summed E-state index contributed by atoms with van der Waals surface area (Å²) in [6, 6.07) is 7.89. The highest BCUT2D eigenvalue weighted by Crippen LogP contribution is 2.29. The lowest BCUT2D eigenvalue weighted by Gasteiger charge is -2.33. The van der Waals surface area contributed by atoms with Crippen molar-refractivity contribution in [3.63, 3.8) is 0 Å². The zero-order valence-corrected chi connectivity index (χ0v) is 17.6. The number of rotatable bonds is 5. The van der Waals surface area contributed by atoms with Crippen LogP contribution in [0.5, 0.6) is 5.75 Å². The van der Waals surface area contributed by atoms with Crippen molar-refractivity contribution >= 4 is 15.8 Å². The van der Waals surface area contributed by atoms with Gasteiger partial charge in [0.2, 0.25) is 10.0 Å². The van der Waals surface area contributed by atoms with Gasteiger partial charge in [-0.25, -0.2) is 18.4 Å². The molecule has 0 radical (unpaired) electrons. The molecule has 0 bridgehead atoms. The van der Waals surface area contributed by atoms with Gasteiger partial charge < -0.3 is 14.4 Å². The minimum absolute atomic E-state index is 0.320. The van der Waals surface area contributed by atoms with Crippen molar-refractivity contribution in [3.8, 4) is 5.75 Å². The van der Waals surface area contributed by atoms with E-state index in [0.717, 1.165) is 47.3 Å². The molecule has 1 saturated heterocycles. The quantitative estimate of drug-likeness (QED) is 0.722. The second-order valence-electron chi connectivity index (χ2n) is 7.36. The lowest BCUT2D eigenvalue weighted by molar-refractivity contribution is 0.122. The van der Waals surface area contributed by atoms with Crippen molar-refractivity contribution in [2.45, 2.75) is 19.4 Å². The molecule has 1 aromatic carbocycles. The van der Waals surface area contributed by atoms with Crippen LogP contribution in [0, 0.1) is 0 Å². The number of methoxy groups -OCH3 is 1. The fourth-order valence-electron chi connectivity index (χ4n) is 3.79. The molecule has 2 aliphatic rings. The molecule has 0 N–H and O–H groups in total. The Morgan fingerprint density at radius 3 is 2.69 bits per heavy atom. The van der Waals surface area contributed by atoms with Crippen LogP contribution in [-0.4, -0.2) is 68.9 Å². The first-order chi connectivity index (χ1) is 13.9. The maximum Gasteiger partial charge on any atom is 0.211 e. The number of hydrogen-bond acceptors (Lipinski definition) is 7. The van der Waals surface area contributed by atoms with E-state index >= 15 is 0 Å². The van der Waals surface area contributed by atoms with Crippen LogP contribution in [0.25, 0.3) is 0 Å². The van der Waals surface area contributed by atoms with Crippen LogP contribution in [0.2, 0.25) is 0 Å². The molecule has 0 saturated carbocycles. The Labute approximate surface area is 171 Å². The first-order valence-electron chi connectivity index (χ1n) is 9.73. The van der Waals surface area contributed by atoms with E-state index in [4.69, 9.17) is 19.4 Å². The molecule has 3 heterocycles. The van der Waals surface area contributed by atoms with Gasteiger partial charge in [-0.1, -0.05) is 12.1 Å². The Morgan fingerprint density at radius 2 is 1.97 bits per heavy atom. The number of benzene rings is 1. The summed E-state index contributed by atoms with van der Waals surface area (Å²) in [6.45, 7) is 3.52. The molecule has 0 spiro atoms. The van der Waals surface area contributed by atoms with Crippen LogP contribution in [0.1, 0.15) is 22.6 Å². The van der Waals surface area contributed by atoms with Crippen LogP contribution >= 0.6 is 0 Å². The lowest BCUT2D eigenvalue weighted by atomic mass is 10.1. The van der Waals surface area contributed by atoms with E-state index < -0.39 is 10.0 Å². The van der Waals surface area contributed by atoms with Crippen LogP contribution in [0.3, 0.4) is 0 Å². The molecule has 1 fully saturated rings. The zero-order chi connectivity index (χ0) is 20.4. The molecule has 2 aliphatic heterocycles. The minimum atomic E-state index is -3.26. The predicted molar refractivity (Wildman–Crippen MR) is 110 cm³/mol. The summed E-state index contributed by atoms with van der Waals surface area (Å²) in [7, 11) is -1.61. The highest BCUT2D eigenvalue weighted by molar-refractivity contribution is 7.88. The highest BCUT2D eigenvalue weighted by Gasteiger charge is 2.29. The number of aromatic nitrogens is 2. The van der Waals surface area contributed by atoms with E-state index in [9.17, 15) is 8.42 Å². The number of sulfonamides is 1. The number of ether oxygens (including phenoxy) is 2. The zero-order valence-electron chi connectivity index (χ0n) is 16.8. The van der Waals surface area contributed by atoms with Crippen LogP contribution in [0.4, 0.5) is 5.82 Å².